The van der Waals surface area contributed by atoms with Gasteiger partial charge in [-0.2, -0.15) is 0 Å². The van der Waals surface area contributed by atoms with Crippen molar-refractivity contribution in [2.75, 3.05) is 6.54 Å². The predicted octanol–water partition coefficient (Wildman–Crippen LogP) is 3.16. The molecule has 21 heavy (non-hydrogen) atoms. The summed E-state index contributed by atoms with van der Waals surface area (Å²) in [6.45, 7) is 6.38. The zero-order chi connectivity index (χ0) is 15.7. The van der Waals surface area contributed by atoms with E-state index in [9.17, 15) is 14.3 Å². The van der Waals surface area contributed by atoms with Crippen LogP contribution in [0.3, 0.4) is 0 Å². The number of carbonyl (C=O) groups is 1. The number of benzene rings is 1. The van der Waals surface area contributed by atoms with E-state index in [1.165, 1.54) is 17.0 Å². The standard InChI is InChI=1S/C16H23FN2O2/c1-9(2)14(18)13-6-7-19(16(20)21)15(13)12-5-4-11(17)8-10(12)3/h4-5,8-9,13-15H,6-7,18H2,1-3H3,(H,20,21)/t13?,14-,15?/m0/s1. The number of hydrogen-bond donors (Lipinski definition) is 2. The highest BCUT2D eigenvalue weighted by atomic mass is 19.1. The van der Waals surface area contributed by atoms with Crippen LogP contribution < -0.4 is 5.73 Å². The molecule has 1 saturated heterocycles. The van der Waals surface area contributed by atoms with E-state index in [0.717, 1.165) is 17.5 Å². The Morgan fingerprint density at radius 1 is 1.48 bits per heavy atom. The maximum atomic E-state index is 13.3. The van der Waals surface area contributed by atoms with Gasteiger partial charge in [0.25, 0.3) is 0 Å². The Kier molecular flexibility index (Phi) is 4.52. The first kappa shape index (κ1) is 15.8. The average Bonchev–Trinajstić information content (AvgIpc) is 2.82. The summed E-state index contributed by atoms with van der Waals surface area (Å²) >= 11 is 0. The molecule has 116 valence electrons. The van der Waals surface area contributed by atoms with E-state index in [0.29, 0.717) is 6.54 Å². The monoisotopic (exact) mass is 294 g/mol. The Balaban J connectivity index is 2.43. The van der Waals surface area contributed by atoms with Gasteiger partial charge in [0.05, 0.1) is 6.04 Å². The van der Waals surface area contributed by atoms with Crippen molar-refractivity contribution in [1.82, 2.24) is 4.90 Å². The van der Waals surface area contributed by atoms with Crippen molar-refractivity contribution in [1.29, 1.82) is 0 Å². The minimum atomic E-state index is -0.942. The maximum absolute atomic E-state index is 13.3. The zero-order valence-corrected chi connectivity index (χ0v) is 12.7. The van der Waals surface area contributed by atoms with Crippen molar-refractivity contribution in [3.05, 3.63) is 35.1 Å². The average molecular weight is 294 g/mol. The quantitative estimate of drug-likeness (QED) is 0.900. The lowest BCUT2D eigenvalue weighted by molar-refractivity contribution is 0.130. The van der Waals surface area contributed by atoms with E-state index in [2.05, 4.69) is 0 Å². The van der Waals surface area contributed by atoms with E-state index in [1.54, 1.807) is 6.07 Å². The summed E-state index contributed by atoms with van der Waals surface area (Å²) in [6, 6.07) is 4.16. The summed E-state index contributed by atoms with van der Waals surface area (Å²) in [7, 11) is 0. The highest BCUT2D eigenvalue weighted by Gasteiger charge is 2.42. The van der Waals surface area contributed by atoms with Gasteiger partial charge in [0.2, 0.25) is 0 Å². The van der Waals surface area contributed by atoms with Gasteiger partial charge < -0.3 is 15.7 Å². The van der Waals surface area contributed by atoms with Crippen molar-refractivity contribution >= 4 is 6.09 Å². The van der Waals surface area contributed by atoms with E-state index >= 15 is 0 Å². The second-order valence-electron chi connectivity index (χ2n) is 6.20. The molecule has 0 radical (unpaired) electrons. The first-order valence-electron chi connectivity index (χ1n) is 7.34. The van der Waals surface area contributed by atoms with Gasteiger partial charge in [-0.25, -0.2) is 9.18 Å². The Bertz CT molecular complexity index is 533. The molecule has 0 aliphatic carbocycles. The van der Waals surface area contributed by atoms with E-state index < -0.39 is 6.09 Å². The topological polar surface area (TPSA) is 66.6 Å². The first-order chi connectivity index (χ1) is 9.82. The maximum Gasteiger partial charge on any atom is 0.407 e. The summed E-state index contributed by atoms with van der Waals surface area (Å²) in [5.74, 6) is 0.0260. The molecule has 0 saturated carbocycles. The lowest BCUT2D eigenvalue weighted by Crippen LogP contribution is -2.40. The summed E-state index contributed by atoms with van der Waals surface area (Å²) in [6.07, 6.45) is -0.199. The summed E-state index contributed by atoms with van der Waals surface area (Å²) < 4.78 is 13.3. The van der Waals surface area contributed by atoms with Gasteiger partial charge in [0, 0.05) is 18.5 Å². The van der Waals surface area contributed by atoms with Gasteiger partial charge in [0.1, 0.15) is 5.82 Å². The van der Waals surface area contributed by atoms with Crippen LogP contribution in [0.1, 0.15) is 37.4 Å². The molecule has 3 N–H and O–H groups in total. The molecule has 2 rings (SSSR count). The molecule has 1 amide bonds. The van der Waals surface area contributed by atoms with Crippen LogP contribution in [-0.2, 0) is 0 Å². The number of hydrogen-bond acceptors (Lipinski definition) is 2. The second-order valence-corrected chi connectivity index (χ2v) is 6.20. The number of rotatable bonds is 3. The van der Waals surface area contributed by atoms with E-state index in [1.807, 2.05) is 20.8 Å². The molecule has 0 aromatic heterocycles. The molecule has 0 spiro atoms. The zero-order valence-electron chi connectivity index (χ0n) is 12.7. The molecule has 1 heterocycles. The fourth-order valence-corrected chi connectivity index (χ4v) is 3.30. The molecule has 0 bridgehead atoms. The smallest absolute Gasteiger partial charge is 0.407 e. The normalized spacial score (nSPS) is 23.6. The molecule has 4 nitrogen and oxygen atoms in total. The third-order valence-electron chi connectivity index (χ3n) is 4.51. The van der Waals surface area contributed by atoms with Gasteiger partial charge in [-0.05, 0) is 42.5 Å². The lowest BCUT2D eigenvalue weighted by Gasteiger charge is -2.32. The minimum Gasteiger partial charge on any atom is -0.465 e. The predicted molar refractivity (Wildman–Crippen MR) is 79.5 cm³/mol. The van der Waals surface area contributed by atoms with Crippen LogP contribution in [0.2, 0.25) is 0 Å². The van der Waals surface area contributed by atoms with Crippen LogP contribution in [0.15, 0.2) is 18.2 Å². The van der Waals surface area contributed by atoms with Crippen molar-refractivity contribution < 1.29 is 14.3 Å². The Morgan fingerprint density at radius 3 is 2.67 bits per heavy atom. The van der Waals surface area contributed by atoms with Crippen molar-refractivity contribution in [2.24, 2.45) is 17.6 Å². The fraction of sp³-hybridized carbons (Fsp3) is 0.562. The van der Waals surface area contributed by atoms with Crippen LogP contribution in [0.4, 0.5) is 9.18 Å². The number of carboxylic acid groups (broad SMARTS) is 1. The third-order valence-corrected chi connectivity index (χ3v) is 4.51. The van der Waals surface area contributed by atoms with E-state index in [-0.39, 0.29) is 29.7 Å². The molecule has 5 heteroatoms. The van der Waals surface area contributed by atoms with Gasteiger partial charge in [0.15, 0.2) is 0 Å². The molecule has 1 fully saturated rings. The van der Waals surface area contributed by atoms with Crippen LogP contribution in [0.25, 0.3) is 0 Å². The largest absolute Gasteiger partial charge is 0.465 e. The minimum absolute atomic E-state index is 0.0604. The number of aryl methyl sites for hydroxylation is 1. The first-order valence-corrected chi connectivity index (χ1v) is 7.34. The van der Waals surface area contributed by atoms with Crippen molar-refractivity contribution in [2.45, 2.75) is 39.3 Å². The third kappa shape index (κ3) is 3.02. The van der Waals surface area contributed by atoms with Crippen molar-refractivity contribution in [3.8, 4) is 0 Å². The van der Waals surface area contributed by atoms with Gasteiger partial charge in [-0.15, -0.1) is 0 Å². The number of halogens is 1. The summed E-state index contributed by atoms with van der Waals surface area (Å²) in [5.41, 5.74) is 7.93. The molecule has 1 aliphatic heterocycles. The molecule has 1 aromatic carbocycles. The number of nitrogens with two attached hydrogens (primary N) is 1. The second kappa shape index (κ2) is 6.02. The van der Waals surface area contributed by atoms with Crippen molar-refractivity contribution in [3.63, 3.8) is 0 Å². The van der Waals surface area contributed by atoms with Crippen LogP contribution in [0, 0.1) is 24.6 Å². The Morgan fingerprint density at radius 2 is 2.14 bits per heavy atom. The molecule has 1 aromatic rings. The summed E-state index contributed by atoms with van der Waals surface area (Å²) in [5, 5.41) is 9.44. The summed E-state index contributed by atoms with van der Waals surface area (Å²) in [4.78, 5) is 13.0. The van der Waals surface area contributed by atoms with Gasteiger partial charge in [-0.3, -0.25) is 0 Å². The highest BCUT2D eigenvalue weighted by Crippen LogP contribution is 2.41. The molecule has 1 aliphatic rings. The molecule has 2 unspecified atom stereocenters. The van der Waals surface area contributed by atoms with Gasteiger partial charge >= 0.3 is 6.09 Å². The molecule has 3 atom stereocenters. The molecular formula is C16H23FN2O2. The lowest BCUT2D eigenvalue weighted by atomic mass is 9.82. The number of likely N-dealkylation sites (tertiary alicyclic amines) is 1. The van der Waals surface area contributed by atoms with E-state index in [4.69, 9.17) is 5.73 Å². The van der Waals surface area contributed by atoms with Gasteiger partial charge in [-0.1, -0.05) is 19.9 Å². The SMILES string of the molecule is Cc1cc(F)ccc1C1C([C@@H](N)C(C)C)CCN1C(=O)O. The Hall–Kier alpha value is -1.62. The van der Waals surface area contributed by atoms with Crippen LogP contribution in [-0.4, -0.2) is 28.7 Å². The number of amides is 1. The fourth-order valence-electron chi connectivity index (χ4n) is 3.30. The molecular weight excluding hydrogens is 271 g/mol. The highest BCUT2D eigenvalue weighted by molar-refractivity contribution is 5.66. The Labute approximate surface area is 124 Å². The van der Waals surface area contributed by atoms with Crippen LogP contribution >= 0.6 is 0 Å². The number of nitrogens with zero attached hydrogens (tertiary/aromatic N) is 1. The van der Waals surface area contributed by atoms with Crippen LogP contribution in [0.5, 0.6) is 0 Å².